The van der Waals surface area contributed by atoms with Crippen LogP contribution in [0.5, 0.6) is 11.5 Å². The largest absolute Gasteiger partial charge is 0.486 e. The van der Waals surface area contributed by atoms with E-state index in [4.69, 9.17) is 14.2 Å². The van der Waals surface area contributed by atoms with Gasteiger partial charge in [-0.1, -0.05) is 0 Å². The number of esters is 1. The molecule has 0 aliphatic carbocycles. The molecule has 2 aliphatic heterocycles. The maximum atomic E-state index is 12.3. The normalized spacial score (nSPS) is 15.6. The molecule has 0 unspecified atom stereocenters. The molecular weight excluding hydrogens is 418 g/mol. The molecule has 4 rings (SSSR count). The van der Waals surface area contributed by atoms with Gasteiger partial charge in [0, 0.05) is 37.2 Å². The Kier molecular flexibility index (Phi) is 6.63. The van der Waals surface area contributed by atoms with E-state index in [1.54, 1.807) is 36.7 Å². The molecule has 168 valence electrons. The van der Waals surface area contributed by atoms with Crippen molar-refractivity contribution >= 4 is 29.5 Å². The van der Waals surface area contributed by atoms with Gasteiger partial charge in [0.2, 0.25) is 5.95 Å². The zero-order valence-electron chi connectivity index (χ0n) is 17.3. The monoisotopic (exact) mass is 441 g/mol. The standard InChI is InChI=1S/C21H23N5O6/c27-18(25-21(29)24-15-2-3-16-17(12-15)31-11-10-30-16)13-32-19(28)14-4-8-26(9-5-14)20-22-6-1-7-23-20/h1-3,6-7,12,14H,4-5,8-11,13H2,(H2,24,25,27,29). The van der Waals surface area contributed by atoms with Crippen LogP contribution in [0.3, 0.4) is 0 Å². The minimum absolute atomic E-state index is 0.311. The molecule has 0 spiro atoms. The van der Waals surface area contributed by atoms with Crippen LogP contribution in [-0.2, 0) is 14.3 Å². The summed E-state index contributed by atoms with van der Waals surface area (Å²) in [6.07, 6.45) is 4.49. The number of imide groups is 1. The number of benzene rings is 1. The summed E-state index contributed by atoms with van der Waals surface area (Å²) in [5.41, 5.74) is 0.436. The second-order valence-electron chi connectivity index (χ2n) is 7.28. The minimum Gasteiger partial charge on any atom is -0.486 e. The number of hydrogen-bond acceptors (Lipinski definition) is 9. The fourth-order valence-corrected chi connectivity index (χ4v) is 3.47. The Hall–Kier alpha value is -3.89. The number of amides is 3. The van der Waals surface area contributed by atoms with E-state index in [1.807, 2.05) is 4.90 Å². The zero-order chi connectivity index (χ0) is 22.3. The summed E-state index contributed by atoms with van der Waals surface area (Å²) in [6, 6.07) is 5.91. The van der Waals surface area contributed by atoms with Gasteiger partial charge in [0.25, 0.3) is 5.91 Å². The van der Waals surface area contributed by atoms with Crippen LogP contribution in [0.15, 0.2) is 36.7 Å². The molecule has 11 nitrogen and oxygen atoms in total. The lowest BCUT2D eigenvalue weighted by molar-refractivity contribution is -0.153. The van der Waals surface area contributed by atoms with Crippen molar-refractivity contribution in [1.29, 1.82) is 0 Å². The summed E-state index contributed by atoms with van der Waals surface area (Å²) in [7, 11) is 0. The van der Waals surface area contributed by atoms with Crippen molar-refractivity contribution in [2.45, 2.75) is 12.8 Å². The van der Waals surface area contributed by atoms with E-state index in [0.29, 0.717) is 62.3 Å². The van der Waals surface area contributed by atoms with Crippen LogP contribution in [0.25, 0.3) is 0 Å². The van der Waals surface area contributed by atoms with Crippen molar-refractivity contribution in [1.82, 2.24) is 15.3 Å². The quantitative estimate of drug-likeness (QED) is 0.660. The highest BCUT2D eigenvalue weighted by Gasteiger charge is 2.27. The average molecular weight is 441 g/mol. The number of ether oxygens (including phenoxy) is 3. The minimum atomic E-state index is -0.737. The molecule has 3 heterocycles. The first-order valence-electron chi connectivity index (χ1n) is 10.3. The lowest BCUT2D eigenvalue weighted by atomic mass is 9.97. The predicted molar refractivity (Wildman–Crippen MR) is 113 cm³/mol. The molecule has 1 fully saturated rings. The summed E-state index contributed by atoms with van der Waals surface area (Å²) in [5.74, 6) is 0.244. The fraction of sp³-hybridized carbons (Fsp3) is 0.381. The van der Waals surface area contributed by atoms with Gasteiger partial charge in [0.1, 0.15) is 13.2 Å². The number of nitrogens with one attached hydrogen (secondary N) is 2. The van der Waals surface area contributed by atoms with Crippen molar-refractivity contribution in [2.24, 2.45) is 5.92 Å². The second-order valence-corrected chi connectivity index (χ2v) is 7.28. The number of urea groups is 1. The van der Waals surface area contributed by atoms with E-state index in [1.165, 1.54) is 0 Å². The lowest BCUT2D eigenvalue weighted by Gasteiger charge is -2.30. The van der Waals surface area contributed by atoms with Gasteiger partial charge in [-0.3, -0.25) is 14.9 Å². The van der Waals surface area contributed by atoms with Gasteiger partial charge in [-0.2, -0.15) is 0 Å². The van der Waals surface area contributed by atoms with E-state index in [0.717, 1.165) is 0 Å². The van der Waals surface area contributed by atoms with Crippen molar-refractivity contribution in [3.05, 3.63) is 36.7 Å². The smallest absolute Gasteiger partial charge is 0.325 e. The summed E-state index contributed by atoms with van der Waals surface area (Å²) in [6.45, 7) is 1.59. The number of nitrogens with zero attached hydrogens (tertiary/aromatic N) is 3. The maximum Gasteiger partial charge on any atom is 0.325 e. The maximum absolute atomic E-state index is 12.3. The first kappa shape index (κ1) is 21.3. The zero-order valence-corrected chi connectivity index (χ0v) is 17.3. The molecule has 1 saturated heterocycles. The Morgan fingerprint density at radius 3 is 2.53 bits per heavy atom. The number of rotatable bonds is 5. The van der Waals surface area contributed by atoms with E-state index in [-0.39, 0.29) is 5.92 Å². The summed E-state index contributed by atoms with van der Waals surface area (Å²) >= 11 is 0. The molecule has 0 atom stereocenters. The van der Waals surface area contributed by atoms with Gasteiger partial charge in [0.15, 0.2) is 18.1 Å². The average Bonchev–Trinajstić information content (AvgIpc) is 2.83. The Morgan fingerprint density at radius 1 is 1.06 bits per heavy atom. The molecule has 11 heteroatoms. The fourth-order valence-electron chi connectivity index (χ4n) is 3.47. The Bertz CT molecular complexity index is 978. The van der Waals surface area contributed by atoms with E-state index in [9.17, 15) is 14.4 Å². The number of carbonyl (C=O) groups excluding carboxylic acids is 3. The third-order valence-electron chi connectivity index (χ3n) is 5.06. The van der Waals surface area contributed by atoms with Crippen LogP contribution in [0.1, 0.15) is 12.8 Å². The van der Waals surface area contributed by atoms with E-state index in [2.05, 4.69) is 20.6 Å². The molecule has 3 amide bonds. The SMILES string of the molecule is O=C(COC(=O)C1CCN(c2ncccn2)CC1)NC(=O)Nc1ccc2c(c1)OCCO2. The first-order valence-corrected chi connectivity index (χ1v) is 10.3. The molecule has 0 bridgehead atoms. The highest BCUT2D eigenvalue weighted by Crippen LogP contribution is 2.32. The highest BCUT2D eigenvalue weighted by atomic mass is 16.6. The summed E-state index contributed by atoms with van der Waals surface area (Å²) < 4.78 is 16.0. The van der Waals surface area contributed by atoms with Crippen molar-refractivity contribution in [2.75, 3.05) is 43.1 Å². The molecule has 0 radical (unpaired) electrons. The first-order chi connectivity index (χ1) is 15.6. The number of anilines is 2. The molecular formula is C21H23N5O6. The molecule has 2 aliphatic rings. The summed E-state index contributed by atoms with van der Waals surface area (Å²) in [5, 5.41) is 4.66. The number of fused-ring (bicyclic) bond motifs is 1. The van der Waals surface area contributed by atoms with Crippen molar-refractivity contribution < 1.29 is 28.6 Å². The molecule has 0 saturated carbocycles. The molecule has 2 N–H and O–H groups in total. The van der Waals surface area contributed by atoms with Gasteiger partial charge in [0.05, 0.1) is 5.92 Å². The van der Waals surface area contributed by atoms with Crippen LogP contribution in [0, 0.1) is 5.92 Å². The molecule has 2 aromatic rings. The molecule has 1 aromatic carbocycles. The Balaban J connectivity index is 1.18. The van der Waals surface area contributed by atoms with Crippen molar-refractivity contribution in [3.63, 3.8) is 0 Å². The molecule has 32 heavy (non-hydrogen) atoms. The van der Waals surface area contributed by atoms with Gasteiger partial charge >= 0.3 is 12.0 Å². The summed E-state index contributed by atoms with van der Waals surface area (Å²) in [4.78, 5) is 46.7. The van der Waals surface area contributed by atoms with Crippen LogP contribution in [0.4, 0.5) is 16.4 Å². The Labute approximate surface area is 184 Å². The van der Waals surface area contributed by atoms with E-state index >= 15 is 0 Å². The third kappa shape index (κ3) is 5.42. The van der Waals surface area contributed by atoms with Crippen molar-refractivity contribution in [3.8, 4) is 11.5 Å². The van der Waals surface area contributed by atoms with E-state index < -0.39 is 24.5 Å². The van der Waals surface area contributed by atoms with Gasteiger partial charge in [-0.15, -0.1) is 0 Å². The number of hydrogen-bond donors (Lipinski definition) is 2. The van der Waals surface area contributed by atoms with Crippen LogP contribution in [0.2, 0.25) is 0 Å². The molecule has 1 aromatic heterocycles. The van der Waals surface area contributed by atoms with Crippen LogP contribution < -0.4 is 25.0 Å². The van der Waals surface area contributed by atoms with Gasteiger partial charge < -0.3 is 24.4 Å². The number of carbonyl (C=O) groups is 3. The second kappa shape index (κ2) is 9.94. The third-order valence-corrected chi connectivity index (χ3v) is 5.06. The predicted octanol–water partition coefficient (Wildman–Crippen LogP) is 1.36. The van der Waals surface area contributed by atoms with Crippen LogP contribution >= 0.6 is 0 Å². The number of piperidine rings is 1. The number of aromatic nitrogens is 2. The van der Waals surface area contributed by atoms with Gasteiger partial charge in [-0.25, -0.2) is 14.8 Å². The Morgan fingerprint density at radius 2 is 1.78 bits per heavy atom. The van der Waals surface area contributed by atoms with Gasteiger partial charge in [-0.05, 0) is 31.0 Å². The lowest BCUT2D eigenvalue weighted by Crippen LogP contribution is -2.40. The topological polar surface area (TPSA) is 132 Å². The highest BCUT2D eigenvalue weighted by molar-refractivity contribution is 6.02. The van der Waals surface area contributed by atoms with Crippen LogP contribution in [-0.4, -0.2) is 60.8 Å².